The summed E-state index contributed by atoms with van der Waals surface area (Å²) in [6.07, 6.45) is 0. The molecule has 0 heterocycles. The number of aryl methyl sites for hydroxylation is 2. The fraction of sp³-hybridized carbons (Fsp3) is 0.250. The van der Waals surface area contributed by atoms with Crippen molar-refractivity contribution in [1.29, 1.82) is 0 Å². The Labute approximate surface area is 81.2 Å². The quantitative estimate of drug-likeness (QED) is 0.665. The van der Waals surface area contributed by atoms with Crippen molar-refractivity contribution in [3.63, 3.8) is 0 Å². The minimum absolute atomic E-state index is 0.644. The van der Waals surface area contributed by atoms with E-state index in [2.05, 4.69) is 47.5 Å². The van der Waals surface area contributed by atoms with Crippen molar-refractivity contribution in [1.82, 2.24) is 0 Å². The molecule has 1 atom stereocenters. The lowest BCUT2D eigenvalue weighted by Crippen LogP contribution is -1.99. The van der Waals surface area contributed by atoms with Crippen LogP contribution in [-0.2, 0) is 0 Å². The zero-order chi connectivity index (χ0) is 8.43. The van der Waals surface area contributed by atoms with Crippen LogP contribution < -0.4 is 5.30 Å². The van der Waals surface area contributed by atoms with E-state index in [9.17, 15) is 0 Å². The van der Waals surface area contributed by atoms with Gasteiger partial charge >= 0.3 is 0 Å². The standard InChI is InChI=1S/C8H9BrClP/c1-6-3-4-8(11(9)10)7(2)5-6/h3-5H,1-2H3. The molecule has 0 nitrogen and oxygen atoms in total. The second kappa shape index (κ2) is 3.89. The first-order valence-electron chi connectivity index (χ1n) is 3.30. The maximum absolute atomic E-state index is 5.94. The summed E-state index contributed by atoms with van der Waals surface area (Å²) in [6, 6.07) is 6.31. The summed E-state index contributed by atoms with van der Waals surface area (Å²) >= 11 is 9.33. The third-order valence-corrected chi connectivity index (χ3v) is 4.09. The Kier molecular flexibility index (Phi) is 3.36. The minimum Gasteiger partial charge on any atom is -0.0782 e. The van der Waals surface area contributed by atoms with Gasteiger partial charge in [0.15, 0.2) is 0 Å². The van der Waals surface area contributed by atoms with Gasteiger partial charge in [-0.25, -0.2) is 0 Å². The molecule has 0 aliphatic heterocycles. The zero-order valence-electron chi connectivity index (χ0n) is 6.44. The van der Waals surface area contributed by atoms with Crippen molar-refractivity contribution in [2.45, 2.75) is 13.8 Å². The second-order valence-electron chi connectivity index (χ2n) is 2.52. The van der Waals surface area contributed by atoms with E-state index in [0.717, 1.165) is 0 Å². The SMILES string of the molecule is Cc1ccc(P(Cl)Br)c(C)c1. The first-order valence-corrected chi connectivity index (χ1v) is 7.57. The Morgan fingerprint density at radius 3 is 2.45 bits per heavy atom. The van der Waals surface area contributed by atoms with Crippen molar-refractivity contribution >= 4 is 38.0 Å². The number of hydrogen-bond acceptors (Lipinski definition) is 0. The maximum Gasteiger partial charge on any atom is 0.0912 e. The van der Waals surface area contributed by atoms with Crippen LogP contribution in [0.15, 0.2) is 18.2 Å². The van der Waals surface area contributed by atoms with Crippen LogP contribution in [0.3, 0.4) is 0 Å². The predicted octanol–water partition coefficient (Wildman–Crippen LogP) is 3.87. The number of hydrogen-bond donors (Lipinski definition) is 0. The van der Waals surface area contributed by atoms with E-state index < -0.39 is 5.98 Å². The molecule has 1 aromatic rings. The van der Waals surface area contributed by atoms with E-state index in [-0.39, 0.29) is 0 Å². The molecule has 0 fully saturated rings. The number of benzene rings is 1. The Balaban J connectivity index is 3.09. The summed E-state index contributed by atoms with van der Waals surface area (Å²) in [7, 11) is 0. The number of rotatable bonds is 1. The van der Waals surface area contributed by atoms with Gasteiger partial charge in [0.1, 0.15) is 0 Å². The van der Waals surface area contributed by atoms with Crippen LogP contribution in [0.5, 0.6) is 0 Å². The van der Waals surface area contributed by atoms with Crippen molar-refractivity contribution in [2.24, 2.45) is 0 Å². The van der Waals surface area contributed by atoms with Crippen LogP contribution in [0.2, 0.25) is 0 Å². The number of halogens is 2. The maximum atomic E-state index is 5.94. The third kappa shape index (κ3) is 2.43. The van der Waals surface area contributed by atoms with Crippen LogP contribution >= 0.6 is 32.7 Å². The Bertz CT molecular complexity index is 260. The average molecular weight is 251 g/mol. The molecule has 0 saturated heterocycles. The van der Waals surface area contributed by atoms with Gasteiger partial charge in [0.05, 0.1) is 5.98 Å². The highest BCUT2D eigenvalue weighted by Crippen LogP contribution is 2.48. The lowest BCUT2D eigenvalue weighted by atomic mass is 10.2. The van der Waals surface area contributed by atoms with Gasteiger partial charge in [-0.1, -0.05) is 35.0 Å². The Morgan fingerprint density at radius 1 is 1.36 bits per heavy atom. The summed E-state index contributed by atoms with van der Waals surface area (Å²) in [4.78, 5) is 0. The van der Waals surface area contributed by atoms with Gasteiger partial charge in [0, 0.05) is 5.30 Å². The third-order valence-electron chi connectivity index (χ3n) is 1.53. The molecule has 1 rings (SSSR count). The van der Waals surface area contributed by atoms with Crippen LogP contribution in [0.25, 0.3) is 0 Å². The van der Waals surface area contributed by atoms with E-state index >= 15 is 0 Å². The molecule has 0 aliphatic carbocycles. The van der Waals surface area contributed by atoms with Gasteiger partial charge < -0.3 is 0 Å². The van der Waals surface area contributed by atoms with Crippen molar-refractivity contribution in [3.05, 3.63) is 29.3 Å². The van der Waals surface area contributed by atoms with Crippen LogP contribution in [0.1, 0.15) is 11.1 Å². The normalized spacial score (nSPS) is 13.1. The minimum atomic E-state index is -0.644. The van der Waals surface area contributed by atoms with Crippen LogP contribution in [0, 0.1) is 13.8 Å². The summed E-state index contributed by atoms with van der Waals surface area (Å²) in [5.41, 5.74) is 2.55. The van der Waals surface area contributed by atoms with Gasteiger partial charge in [-0.3, -0.25) is 0 Å². The zero-order valence-corrected chi connectivity index (χ0v) is 9.67. The lowest BCUT2D eigenvalue weighted by molar-refractivity contribution is 1.41. The molecule has 0 saturated carbocycles. The van der Waals surface area contributed by atoms with E-state index in [0.29, 0.717) is 0 Å². The van der Waals surface area contributed by atoms with Gasteiger partial charge in [-0.05, 0) is 34.9 Å². The first-order chi connectivity index (χ1) is 5.11. The summed E-state index contributed by atoms with van der Waals surface area (Å²) < 4.78 is 0. The summed E-state index contributed by atoms with van der Waals surface area (Å²) in [5, 5.41) is 1.22. The van der Waals surface area contributed by atoms with Crippen molar-refractivity contribution in [2.75, 3.05) is 0 Å². The molecule has 0 aliphatic rings. The monoisotopic (exact) mass is 250 g/mol. The van der Waals surface area contributed by atoms with E-state index in [4.69, 9.17) is 11.2 Å². The molecule has 11 heavy (non-hydrogen) atoms. The van der Waals surface area contributed by atoms with Gasteiger partial charge in [-0.2, -0.15) is 0 Å². The molecule has 0 N–H and O–H groups in total. The highest BCUT2D eigenvalue weighted by atomic mass is 79.9. The smallest absolute Gasteiger partial charge is 0.0782 e. The highest BCUT2D eigenvalue weighted by molar-refractivity contribution is 9.42. The second-order valence-corrected chi connectivity index (χ2v) is 7.84. The molecule has 0 amide bonds. The van der Waals surface area contributed by atoms with Gasteiger partial charge in [0.2, 0.25) is 0 Å². The fourth-order valence-corrected chi connectivity index (χ4v) is 3.28. The lowest BCUT2D eigenvalue weighted by Gasteiger charge is -2.05. The molecule has 1 unspecified atom stereocenters. The first kappa shape index (κ1) is 9.51. The summed E-state index contributed by atoms with van der Waals surface area (Å²) in [5.74, 6) is -0.644. The van der Waals surface area contributed by atoms with E-state index in [1.54, 1.807) is 0 Å². The molecule has 0 aromatic heterocycles. The fourth-order valence-electron chi connectivity index (χ4n) is 0.995. The van der Waals surface area contributed by atoms with Gasteiger partial charge in [-0.15, -0.1) is 0 Å². The van der Waals surface area contributed by atoms with Crippen molar-refractivity contribution < 1.29 is 0 Å². The van der Waals surface area contributed by atoms with E-state index in [1.807, 2.05) is 0 Å². The molecule has 3 heteroatoms. The molecule has 60 valence electrons. The molecule has 0 bridgehead atoms. The predicted molar refractivity (Wildman–Crippen MR) is 57.3 cm³/mol. The topological polar surface area (TPSA) is 0 Å². The molecule has 0 radical (unpaired) electrons. The van der Waals surface area contributed by atoms with E-state index in [1.165, 1.54) is 16.4 Å². The Morgan fingerprint density at radius 2 is 2.00 bits per heavy atom. The largest absolute Gasteiger partial charge is 0.0912 e. The molecular weight excluding hydrogens is 242 g/mol. The van der Waals surface area contributed by atoms with Crippen LogP contribution in [0.4, 0.5) is 0 Å². The van der Waals surface area contributed by atoms with Crippen LogP contribution in [-0.4, -0.2) is 0 Å². The van der Waals surface area contributed by atoms with Gasteiger partial charge in [0.25, 0.3) is 0 Å². The average Bonchev–Trinajstić information content (AvgIpc) is 1.85. The highest BCUT2D eigenvalue weighted by Gasteiger charge is 2.05. The molecule has 1 aromatic carbocycles. The summed E-state index contributed by atoms with van der Waals surface area (Å²) in [6.45, 7) is 4.17. The Hall–Kier alpha value is 0.420. The molecular formula is C8H9BrClP. The van der Waals surface area contributed by atoms with Crippen molar-refractivity contribution in [3.8, 4) is 0 Å². The molecule has 0 spiro atoms.